The maximum Gasteiger partial charge on any atom is 0.174 e. The van der Waals surface area contributed by atoms with Gasteiger partial charge in [0, 0.05) is 11.1 Å². The van der Waals surface area contributed by atoms with Crippen molar-refractivity contribution in [3.8, 4) is 0 Å². The third-order valence-corrected chi connectivity index (χ3v) is 5.64. The van der Waals surface area contributed by atoms with Crippen molar-refractivity contribution in [1.29, 1.82) is 0 Å². The molecule has 0 N–H and O–H groups in total. The summed E-state index contributed by atoms with van der Waals surface area (Å²) in [4.78, 5) is 20.6. The molecule has 0 spiro atoms. The Morgan fingerprint density at radius 3 is 2.42 bits per heavy atom. The van der Waals surface area contributed by atoms with Crippen molar-refractivity contribution in [2.24, 2.45) is 10.9 Å². The van der Waals surface area contributed by atoms with Crippen molar-refractivity contribution in [1.82, 2.24) is 4.90 Å². The Balaban J connectivity index is 1.70. The van der Waals surface area contributed by atoms with Gasteiger partial charge in [0.2, 0.25) is 0 Å². The zero-order chi connectivity index (χ0) is 16.1. The smallest absolute Gasteiger partial charge is 0.174 e. The largest absolute Gasteiger partial charge is 0.295 e. The van der Waals surface area contributed by atoms with Crippen molar-refractivity contribution in [2.45, 2.75) is 25.3 Å². The third kappa shape index (κ3) is 1.94. The number of fused-ring (bicyclic) bond motifs is 4. The molecule has 5 rings (SSSR count). The first kappa shape index (κ1) is 14.1. The highest BCUT2D eigenvalue weighted by molar-refractivity contribution is 6.29. The number of likely N-dealkylation sites (tertiary alicyclic amines) is 1. The molecule has 0 aromatic heterocycles. The van der Waals surface area contributed by atoms with Gasteiger partial charge in [0.15, 0.2) is 5.78 Å². The summed E-state index contributed by atoms with van der Waals surface area (Å²) >= 11 is 0. The van der Waals surface area contributed by atoms with E-state index in [9.17, 15) is 4.79 Å². The monoisotopic (exact) mass is 316 g/mol. The molecule has 2 aromatic rings. The second-order valence-electron chi connectivity index (χ2n) is 6.98. The van der Waals surface area contributed by atoms with E-state index in [1.54, 1.807) is 0 Å². The topological polar surface area (TPSA) is 32.7 Å². The molecule has 2 unspecified atom stereocenters. The first-order valence-electron chi connectivity index (χ1n) is 8.90. The van der Waals surface area contributed by atoms with Crippen molar-refractivity contribution in [3.05, 3.63) is 65.2 Å². The molecule has 24 heavy (non-hydrogen) atoms. The van der Waals surface area contributed by atoms with E-state index < -0.39 is 0 Å². The van der Waals surface area contributed by atoms with E-state index in [1.165, 1.54) is 24.8 Å². The summed E-state index contributed by atoms with van der Waals surface area (Å²) < 4.78 is 0. The molecule has 1 saturated heterocycles. The highest BCUT2D eigenvalue weighted by Crippen LogP contribution is 2.47. The molecule has 3 nitrogen and oxygen atoms in total. The lowest BCUT2D eigenvalue weighted by molar-refractivity contribution is 0.0831. The lowest BCUT2D eigenvalue weighted by Crippen LogP contribution is -2.42. The van der Waals surface area contributed by atoms with E-state index in [-0.39, 0.29) is 17.7 Å². The Labute approximate surface area is 142 Å². The van der Waals surface area contributed by atoms with Gasteiger partial charge >= 0.3 is 0 Å². The van der Waals surface area contributed by atoms with Crippen molar-refractivity contribution in [3.63, 3.8) is 0 Å². The maximum absolute atomic E-state index is 13.2. The number of hydrogen-bond donors (Lipinski definition) is 0. The number of carbonyl (C=O) groups excluding carboxylic acids is 1. The van der Waals surface area contributed by atoms with E-state index in [0.717, 1.165) is 35.6 Å². The number of ketones is 1. The molecule has 2 atom stereocenters. The summed E-state index contributed by atoms with van der Waals surface area (Å²) in [6.45, 7) is 2.15. The number of Topliss-reactive ketones (excluding diaryl/α,β-unsaturated/α-hetero) is 1. The highest BCUT2D eigenvalue weighted by Gasteiger charge is 2.47. The SMILES string of the molecule is O=C1c2ccccc2C2=Nc3ccccc3C(N3CCCCC3)C12. The first-order valence-corrected chi connectivity index (χ1v) is 8.90. The molecule has 2 heterocycles. The number of carbonyl (C=O) groups is 1. The molecule has 3 aliphatic rings. The summed E-state index contributed by atoms with van der Waals surface area (Å²) in [5, 5.41) is 0. The van der Waals surface area contributed by atoms with Crippen LogP contribution in [0.15, 0.2) is 53.5 Å². The van der Waals surface area contributed by atoms with Crippen LogP contribution in [0.1, 0.15) is 46.8 Å². The predicted molar refractivity (Wildman–Crippen MR) is 95.1 cm³/mol. The Morgan fingerprint density at radius 1 is 0.875 bits per heavy atom. The van der Waals surface area contributed by atoms with Crippen LogP contribution in [0.5, 0.6) is 0 Å². The fourth-order valence-corrected chi connectivity index (χ4v) is 4.56. The number of hydrogen-bond acceptors (Lipinski definition) is 3. The number of piperidine rings is 1. The minimum Gasteiger partial charge on any atom is -0.295 e. The lowest BCUT2D eigenvalue weighted by atomic mass is 9.83. The van der Waals surface area contributed by atoms with Gasteiger partial charge in [-0.25, -0.2) is 0 Å². The normalized spacial score (nSPS) is 25.7. The van der Waals surface area contributed by atoms with E-state index >= 15 is 0 Å². The lowest BCUT2D eigenvalue weighted by Gasteiger charge is -2.40. The number of rotatable bonds is 1. The fraction of sp³-hybridized carbons (Fsp3) is 0.333. The number of aliphatic imine (C=N–C) groups is 1. The minimum absolute atomic E-state index is 0.133. The van der Waals surface area contributed by atoms with E-state index in [2.05, 4.69) is 23.1 Å². The van der Waals surface area contributed by atoms with Crippen molar-refractivity contribution >= 4 is 17.2 Å². The van der Waals surface area contributed by atoms with Gasteiger partial charge < -0.3 is 0 Å². The molecule has 2 aliphatic heterocycles. The van der Waals surface area contributed by atoms with Crippen molar-refractivity contribution < 1.29 is 4.79 Å². The maximum atomic E-state index is 13.2. The molecule has 0 amide bonds. The number of benzene rings is 2. The molecule has 3 heteroatoms. The Hall–Kier alpha value is -2.26. The third-order valence-electron chi connectivity index (χ3n) is 5.64. The van der Waals surface area contributed by atoms with Crippen LogP contribution < -0.4 is 0 Å². The van der Waals surface area contributed by atoms with Crippen LogP contribution in [0.4, 0.5) is 5.69 Å². The predicted octanol–water partition coefficient (Wildman–Crippen LogP) is 4.16. The summed E-state index contributed by atoms with van der Waals surface area (Å²) in [6.07, 6.45) is 3.74. The van der Waals surface area contributed by atoms with Crippen LogP contribution in [0.25, 0.3) is 0 Å². The highest BCUT2D eigenvalue weighted by atomic mass is 16.1. The summed E-state index contributed by atoms with van der Waals surface area (Å²) in [6, 6.07) is 16.5. The van der Waals surface area contributed by atoms with E-state index in [4.69, 9.17) is 4.99 Å². The van der Waals surface area contributed by atoms with Crippen LogP contribution >= 0.6 is 0 Å². The van der Waals surface area contributed by atoms with Gasteiger partial charge in [-0.3, -0.25) is 14.7 Å². The van der Waals surface area contributed by atoms with Crippen LogP contribution in [0.2, 0.25) is 0 Å². The van der Waals surface area contributed by atoms with Crippen LogP contribution in [-0.4, -0.2) is 29.5 Å². The van der Waals surface area contributed by atoms with Gasteiger partial charge in [0.25, 0.3) is 0 Å². The molecule has 0 radical (unpaired) electrons. The Kier molecular flexibility index (Phi) is 3.17. The molecule has 1 aliphatic carbocycles. The second-order valence-corrected chi connectivity index (χ2v) is 6.98. The van der Waals surface area contributed by atoms with Crippen molar-refractivity contribution in [2.75, 3.05) is 13.1 Å². The van der Waals surface area contributed by atoms with Gasteiger partial charge in [-0.15, -0.1) is 0 Å². The quantitative estimate of drug-likeness (QED) is 0.791. The average Bonchev–Trinajstić information content (AvgIpc) is 2.93. The van der Waals surface area contributed by atoms with E-state index in [1.807, 2.05) is 30.3 Å². The standard InChI is InChI=1S/C21H20N2O/c24-21-15-9-3-2-8-14(15)19-18(21)20(23-12-6-1-7-13-23)16-10-4-5-11-17(16)22-19/h2-5,8-11,18,20H,1,6-7,12-13H2. The van der Waals surface area contributed by atoms with E-state index in [0.29, 0.717) is 0 Å². The summed E-state index contributed by atoms with van der Waals surface area (Å²) in [5.74, 6) is 0.102. The van der Waals surface area contributed by atoms with Gasteiger partial charge in [-0.1, -0.05) is 48.9 Å². The first-order chi connectivity index (χ1) is 11.8. The molecular formula is C21H20N2O. The molecular weight excluding hydrogens is 296 g/mol. The number of nitrogens with zero attached hydrogens (tertiary/aromatic N) is 2. The van der Waals surface area contributed by atoms with Crippen LogP contribution in [-0.2, 0) is 0 Å². The van der Waals surface area contributed by atoms with Crippen LogP contribution in [0, 0.1) is 5.92 Å². The second kappa shape index (κ2) is 5.38. The molecule has 2 aromatic carbocycles. The fourth-order valence-electron chi connectivity index (χ4n) is 4.56. The average molecular weight is 316 g/mol. The zero-order valence-electron chi connectivity index (χ0n) is 13.6. The summed E-state index contributed by atoms with van der Waals surface area (Å²) in [7, 11) is 0. The zero-order valence-corrected chi connectivity index (χ0v) is 13.6. The molecule has 1 fully saturated rings. The van der Waals surface area contributed by atoms with Gasteiger partial charge in [-0.05, 0) is 37.6 Å². The van der Waals surface area contributed by atoms with Gasteiger partial charge in [0.05, 0.1) is 23.4 Å². The minimum atomic E-state index is -0.143. The van der Waals surface area contributed by atoms with Crippen LogP contribution in [0.3, 0.4) is 0 Å². The molecule has 120 valence electrons. The molecule has 0 saturated carbocycles. The Morgan fingerprint density at radius 2 is 1.58 bits per heavy atom. The summed E-state index contributed by atoms with van der Waals surface area (Å²) in [5.41, 5.74) is 5.10. The van der Waals surface area contributed by atoms with Gasteiger partial charge in [-0.2, -0.15) is 0 Å². The Bertz CT molecular complexity index is 848. The molecule has 0 bridgehead atoms. The number of para-hydroxylation sites is 1. The van der Waals surface area contributed by atoms with Gasteiger partial charge in [0.1, 0.15) is 0 Å².